The zero-order chi connectivity index (χ0) is 16.9. The quantitative estimate of drug-likeness (QED) is 0.930. The first-order chi connectivity index (χ1) is 11.6. The second-order valence-electron chi connectivity index (χ2n) is 6.72. The third-order valence-electron chi connectivity index (χ3n) is 4.69. The lowest BCUT2D eigenvalue weighted by Crippen LogP contribution is -2.34. The number of piperidine rings is 1. The highest BCUT2D eigenvalue weighted by molar-refractivity contribution is 5.94. The summed E-state index contributed by atoms with van der Waals surface area (Å²) >= 11 is 0. The van der Waals surface area contributed by atoms with Crippen LogP contribution in [-0.4, -0.2) is 24.0 Å². The number of hydrogen-bond donors (Lipinski definition) is 1. The van der Waals surface area contributed by atoms with Crippen molar-refractivity contribution in [1.82, 2.24) is 10.3 Å². The Balaban J connectivity index is 1.63. The van der Waals surface area contributed by atoms with Gasteiger partial charge in [-0.1, -0.05) is 19.1 Å². The maximum atomic E-state index is 12.2. The first-order valence-electron chi connectivity index (χ1n) is 8.69. The van der Waals surface area contributed by atoms with E-state index in [4.69, 9.17) is 0 Å². The van der Waals surface area contributed by atoms with E-state index in [1.54, 1.807) is 24.5 Å². The largest absolute Gasteiger partial charge is 0.371 e. The van der Waals surface area contributed by atoms with Crippen LogP contribution in [0.1, 0.15) is 48.7 Å². The molecule has 1 saturated heterocycles. The highest BCUT2D eigenvalue weighted by Gasteiger charge is 2.17. The smallest absolute Gasteiger partial charge is 0.253 e. The Hall–Kier alpha value is -2.36. The lowest BCUT2D eigenvalue weighted by Gasteiger charge is -2.33. The zero-order valence-corrected chi connectivity index (χ0v) is 14.4. The van der Waals surface area contributed by atoms with Gasteiger partial charge in [0.2, 0.25) is 0 Å². The molecular weight excluding hydrogens is 298 g/mol. The van der Waals surface area contributed by atoms with Crippen LogP contribution in [0.3, 0.4) is 0 Å². The first-order valence-corrected chi connectivity index (χ1v) is 8.69. The van der Waals surface area contributed by atoms with Gasteiger partial charge in [0.1, 0.15) is 0 Å². The average molecular weight is 323 g/mol. The predicted octanol–water partition coefficient (Wildman–Crippen LogP) is 3.81. The molecule has 1 amide bonds. The van der Waals surface area contributed by atoms with Crippen molar-refractivity contribution in [2.75, 3.05) is 18.0 Å². The van der Waals surface area contributed by atoms with Gasteiger partial charge in [0.15, 0.2) is 0 Å². The Kier molecular flexibility index (Phi) is 5.14. The van der Waals surface area contributed by atoms with Crippen LogP contribution in [0.25, 0.3) is 0 Å². The molecule has 2 heterocycles. The van der Waals surface area contributed by atoms with Crippen molar-refractivity contribution < 1.29 is 4.79 Å². The fourth-order valence-electron chi connectivity index (χ4n) is 3.26. The number of rotatable bonds is 4. The maximum Gasteiger partial charge on any atom is 0.253 e. The highest BCUT2D eigenvalue weighted by Crippen LogP contribution is 2.24. The fourth-order valence-corrected chi connectivity index (χ4v) is 3.26. The minimum Gasteiger partial charge on any atom is -0.371 e. The van der Waals surface area contributed by atoms with Gasteiger partial charge >= 0.3 is 0 Å². The van der Waals surface area contributed by atoms with E-state index >= 15 is 0 Å². The molecule has 126 valence electrons. The zero-order valence-electron chi connectivity index (χ0n) is 14.4. The molecule has 1 N–H and O–H groups in total. The third-order valence-corrected chi connectivity index (χ3v) is 4.69. The summed E-state index contributed by atoms with van der Waals surface area (Å²) < 4.78 is 0. The van der Waals surface area contributed by atoms with Crippen molar-refractivity contribution in [2.24, 2.45) is 5.92 Å². The van der Waals surface area contributed by atoms with Crippen molar-refractivity contribution in [2.45, 2.75) is 32.7 Å². The van der Waals surface area contributed by atoms with Gasteiger partial charge in [-0.05, 0) is 55.5 Å². The number of amides is 1. The molecule has 2 atom stereocenters. The van der Waals surface area contributed by atoms with Gasteiger partial charge < -0.3 is 10.2 Å². The van der Waals surface area contributed by atoms with Crippen molar-refractivity contribution in [3.8, 4) is 0 Å². The average Bonchev–Trinajstić information content (AvgIpc) is 2.62. The van der Waals surface area contributed by atoms with Gasteiger partial charge in [0, 0.05) is 31.2 Å². The standard InChI is InChI=1S/C20H25N3O/c1-15-5-4-12-23(14-15)19-9-7-17(8-10-19)16(2)22-20(24)18-6-3-11-21-13-18/h3,6-11,13,15-16H,4-5,12,14H2,1-2H3,(H,22,24)/t15-,16-/m1/s1. The number of anilines is 1. The molecule has 0 spiro atoms. The van der Waals surface area contributed by atoms with Crippen LogP contribution in [0, 0.1) is 5.92 Å². The molecule has 4 nitrogen and oxygen atoms in total. The molecule has 0 unspecified atom stereocenters. The summed E-state index contributed by atoms with van der Waals surface area (Å²) in [5.41, 5.74) is 2.97. The second-order valence-corrected chi connectivity index (χ2v) is 6.72. The summed E-state index contributed by atoms with van der Waals surface area (Å²) in [6, 6.07) is 12.1. The molecular formula is C20H25N3O. The van der Waals surface area contributed by atoms with E-state index in [1.807, 2.05) is 6.92 Å². The van der Waals surface area contributed by atoms with E-state index in [1.165, 1.54) is 18.5 Å². The summed E-state index contributed by atoms with van der Waals surface area (Å²) in [6.07, 6.45) is 5.84. The molecule has 4 heteroatoms. The summed E-state index contributed by atoms with van der Waals surface area (Å²) in [5, 5.41) is 3.03. The number of pyridine rings is 1. The topological polar surface area (TPSA) is 45.2 Å². The van der Waals surface area contributed by atoms with Crippen molar-refractivity contribution >= 4 is 11.6 Å². The number of nitrogens with one attached hydrogen (secondary N) is 1. The third kappa shape index (κ3) is 3.94. The first kappa shape index (κ1) is 16.5. The van der Waals surface area contributed by atoms with E-state index in [9.17, 15) is 4.79 Å². The van der Waals surface area contributed by atoms with E-state index in [0.29, 0.717) is 5.56 Å². The summed E-state index contributed by atoms with van der Waals surface area (Å²) in [7, 11) is 0. The van der Waals surface area contributed by atoms with Gasteiger partial charge in [-0.25, -0.2) is 0 Å². The number of aromatic nitrogens is 1. The van der Waals surface area contributed by atoms with Crippen LogP contribution >= 0.6 is 0 Å². The molecule has 2 aromatic rings. The molecule has 0 aliphatic carbocycles. The van der Waals surface area contributed by atoms with Crippen molar-refractivity contribution in [3.05, 3.63) is 59.9 Å². The number of hydrogen-bond acceptors (Lipinski definition) is 3. The molecule has 3 rings (SSSR count). The Morgan fingerprint density at radius 2 is 2.08 bits per heavy atom. The Labute approximate surface area is 143 Å². The SMILES string of the molecule is C[C@@H]1CCCN(c2ccc([C@@H](C)NC(=O)c3cccnc3)cc2)C1. The molecule has 0 radical (unpaired) electrons. The molecule has 1 aliphatic heterocycles. The Morgan fingerprint density at radius 3 is 2.75 bits per heavy atom. The lowest BCUT2D eigenvalue weighted by molar-refractivity contribution is 0.0939. The van der Waals surface area contributed by atoms with Crippen molar-refractivity contribution in [3.63, 3.8) is 0 Å². The second kappa shape index (κ2) is 7.47. The van der Waals surface area contributed by atoms with Crippen LogP contribution < -0.4 is 10.2 Å². The van der Waals surface area contributed by atoms with Crippen LogP contribution in [-0.2, 0) is 0 Å². The van der Waals surface area contributed by atoms with Gasteiger partial charge in [-0.3, -0.25) is 9.78 Å². The molecule has 0 bridgehead atoms. The fraction of sp³-hybridized carbons (Fsp3) is 0.400. The van der Waals surface area contributed by atoms with Crippen LogP contribution in [0.15, 0.2) is 48.8 Å². The van der Waals surface area contributed by atoms with Gasteiger partial charge in [0.25, 0.3) is 5.91 Å². The highest BCUT2D eigenvalue weighted by atomic mass is 16.1. The summed E-state index contributed by atoms with van der Waals surface area (Å²) in [5.74, 6) is 0.667. The molecule has 0 saturated carbocycles. The summed E-state index contributed by atoms with van der Waals surface area (Å²) in [6.45, 7) is 6.59. The minimum atomic E-state index is -0.0930. The lowest BCUT2D eigenvalue weighted by atomic mass is 9.99. The number of carbonyl (C=O) groups is 1. The number of nitrogens with zero attached hydrogens (tertiary/aromatic N) is 2. The van der Waals surface area contributed by atoms with Crippen LogP contribution in [0.4, 0.5) is 5.69 Å². The molecule has 1 aliphatic rings. The van der Waals surface area contributed by atoms with E-state index < -0.39 is 0 Å². The molecule has 1 aromatic heterocycles. The number of benzene rings is 1. The van der Waals surface area contributed by atoms with Crippen LogP contribution in [0.2, 0.25) is 0 Å². The normalized spacial score (nSPS) is 18.9. The maximum absolute atomic E-state index is 12.2. The molecule has 1 aromatic carbocycles. The monoisotopic (exact) mass is 323 g/mol. The van der Waals surface area contributed by atoms with Gasteiger partial charge in [0.05, 0.1) is 11.6 Å². The van der Waals surface area contributed by atoms with Gasteiger partial charge in [-0.15, -0.1) is 0 Å². The van der Waals surface area contributed by atoms with E-state index in [0.717, 1.165) is 24.6 Å². The molecule has 24 heavy (non-hydrogen) atoms. The predicted molar refractivity (Wildman–Crippen MR) is 97.2 cm³/mol. The Bertz CT molecular complexity index is 669. The van der Waals surface area contributed by atoms with Crippen LogP contribution in [0.5, 0.6) is 0 Å². The number of carbonyl (C=O) groups excluding carboxylic acids is 1. The molecule has 1 fully saturated rings. The van der Waals surface area contributed by atoms with Gasteiger partial charge in [-0.2, -0.15) is 0 Å². The summed E-state index contributed by atoms with van der Waals surface area (Å²) in [4.78, 5) is 18.7. The minimum absolute atomic E-state index is 0.0352. The Morgan fingerprint density at radius 1 is 1.29 bits per heavy atom. The van der Waals surface area contributed by atoms with E-state index in [-0.39, 0.29) is 11.9 Å². The van der Waals surface area contributed by atoms with Crippen molar-refractivity contribution in [1.29, 1.82) is 0 Å². The van der Waals surface area contributed by atoms with E-state index in [2.05, 4.69) is 46.4 Å².